The Labute approximate surface area is 178 Å². The molecule has 0 unspecified atom stereocenters. The van der Waals surface area contributed by atoms with Gasteiger partial charge in [0, 0.05) is 11.9 Å². The van der Waals surface area contributed by atoms with Gasteiger partial charge in [-0.15, -0.1) is 10.2 Å². The fraction of sp³-hybridized carbons (Fsp3) is 0.150. The maximum Gasteiger partial charge on any atom is 0.417 e. The van der Waals surface area contributed by atoms with Gasteiger partial charge < -0.3 is 4.42 Å². The van der Waals surface area contributed by atoms with Crippen molar-refractivity contribution in [3.8, 4) is 11.5 Å². The third kappa shape index (κ3) is 4.52. The van der Waals surface area contributed by atoms with Crippen molar-refractivity contribution in [1.82, 2.24) is 19.7 Å². The van der Waals surface area contributed by atoms with Gasteiger partial charge in [-0.2, -0.15) is 13.2 Å². The Balaban J connectivity index is 1.62. The molecular formula is C20H14ClF3N4OS. The minimum Gasteiger partial charge on any atom is -0.467 e. The molecule has 0 spiro atoms. The smallest absolute Gasteiger partial charge is 0.417 e. The number of alkyl halides is 3. The summed E-state index contributed by atoms with van der Waals surface area (Å²) in [5, 5.41) is 8.67. The molecule has 4 rings (SSSR count). The standard InChI is InChI=1S/C20H14ClF3N4OS/c21-16-7-6-13(10-15(16)20(22,23)24)12-30-19-27-26-18(17-5-1-2-8-25-17)28(19)11-14-4-3-9-29-14/h1-10H,11-12H2. The van der Waals surface area contributed by atoms with E-state index in [0.29, 0.717) is 34.5 Å². The molecule has 0 fully saturated rings. The zero-order chi connectivity index (χ0) is 21.1. The molecule has 0 aliphatic rings. The molecule has 4 aromatic rings. The first-order valence-corrected chi connectivity index (χ1v) is 10.1. The van der Waals surface area contributed by atoms with Crippen molar-refractivity contribution in [3.05, 3.63) is 82.9 Å². The summed E-state index contributed by atoms with van der Waals surface area (Å²) in [7, 11) is 0. The van der Waals surface area contributed by atoms with Crippen LogP contribution in [0.4, 0.5) is 13.2 Å². The van der Waals surface area contributed by atoms with E-state index in [0.717, 1.165) is 6.07 Å². The van der Waals surface area contributed by atoms with Gasteiger partial charge in [0.2, 0.25) is 0 Å². The van der Waals surface area contributed by atoms with E-state index in [9.17, 15) is 13.2 Å². The second kappa shape index (κ2) is 8.53. The first-order valence-electron chi connectivity index (χ1n) is 8.77. The number of rotatable bonds is 6. The quantitative estimate of drug-likeness (QED) is 0.340. The van der Waals surface area contributed by atoms with E-state index in [1.165, 1.54) is 17.8 Å². The highest BCUT2D eigenvalue weighted by Crippen LogP contribution is 2.36. The number of nitrogens with zero attached hydrogens (tertiary/aromatic N) is 4. The van der Waals surface area contributed by atoms with Crippen LogP contribution in [-0.4, -0.2) is 19.7 Å². The zero-order valence-corrected chi connectivity index (χ0v) is 16.9. The molecule has 30 heavy (non-hydrogen) atoms. The van der Waals surface area contributed by atoms with Crippen LogP contribution in [0.15, 0.2) is 70.6 Å². The molecule has 0 aliphatic heterocycles. The van der Waals surface area contributed by atoms with Crippen molar-refractivity contribution >= 4 is 23.4 Å². The first kappa shape index (κ1) is 20.5. The highest BCUT2D eigenvalue weighted by molar-refractivity contribution is 7.98. The molecule has 0 N–H and O–H groups in total. The molecule has 0 amide bonds. The third-order valence-electron chi connectivity index (χ3n) is 4.21. The Hall–Kier alpha value is -2.78. The van der Waals surface area contributed by atoms with Gasteiger partial charge in [-0.3, -0.25) is 9.55 Å². The van der Waals surface area contributed by atoms with Crippen LogP contribution in [0.2, 0.25) is 5.02 Å². The fourth-order valence-electron chi connectivity index (χ4n) is 2.81. The summed E-state index contributed by atoms with van der Waals surface area (Å²) in [6.45, 7) is 0.364. The van der Waals surface area contributed by atoms with E-state index < -0.39 is 11.7 Å². The van der Waals surface area contributed by atoms with E-state index >= 15 is 0 Å². The number of hydrogen-bond donors (Lipinski definition) is 0. The normalized spacial score (nSPS) is 11.7. The highest BCUT2D eigenvalue weighted by Gasteiger charge is 2.33. The van der Waals surface area contributed by atoms with Gasteiger partial charge in [0.05, 0.1) is 23.4 Å². The monoisotopic (exact) mass is 450 g/mol. The van der Waals surface area contributed by atoms with Crippen LogP contribution in [0.5, 0.6) is 0 Å². The summed E-state index contributed by atoms with van der Waals surface area (Å²) < 4.78 is 46.6. The zero-order valence-electron chi connectivity index (χ0n) is 15.3. The Morgan fingerprint density at radius 3 is 2.63 bits per heavy atom. The topological polar surface area (TPSA) is 56.7 Å². The summed E-state index contributed by atoms with van der Waals surface area (Å²) in [6, 6.07) is 12.9. The van der Waals surface area contributed by atoms with Gasteiger partial charge in [0.15, 0.2) is 11.0 Å². The Bertz CT molecular complexity index is 1130. The number of aromatic nitrogens is 4. The molecule has 3 heterocycles. The lowest BCUT2D eigenvalue weighted by Gasteiger charge is -2.11. The lowest BCUT2D eigenvalue weighted by atomic mass is 10.1. The van der Waals surface area contributed by atoms with Crippen molar-refractivity contribution in [3.63, 3.8) is 0 Å². The second-order valence-corrected chi connectivity index (χ2v) is 7.64. The molecule has 3 aromatic heterocycles. The van der Waals surface area contributed by atoms with Gasteiger partial charge >= 0.3 is 6.18 Å². The van der Waals surface area contributed by atoms with Gasteiger partial charge in [-0.25, -0.2) is 0 Å². The number of pyridine rings is 1. The number of furan rings is 1. The lowest BCUT2D eigenvalue weighted by Crippen LogP contribution is -2.06. The molecule has 0 aliphatic carbocycles. The van der Waals surface area contributed by atoms with Crippen LogP contribution >= 0.6 is 23.4 Å². The summed E-state index contributed by atoms with van der Waals surface area (Å²) in [5.74, 6) is 1.50. The summed E-state index contributed by atoms with van der Waals surface area (Å²) in [5.41, 5.74) is 0.256. The summed E-state index contributed by atoms with van der Waals surface area (Å²) in [4.78, 5) is 4.32. The Morgan fingerprint density at radius 1 is 1.07 bits per heavy atom. The predicted molar refractivity (Wildman–Crippen MR) is 107 cm³/mol. The van der Waals surface area contributed by atoms with Crippen LogP contribution < -0.4 is 0 Å². The molecule has 154 valence electrons. The van der Waals surface area contributed by atoms with E-state index in [1.54, 1.807) is 30.7 Å². The van der Waals surface area contributed by atoms with Crippen LogP contribution in [0.1, 0.15) is 16.9 Å². The van der Waals surface area contributed by atoms with Crippen LogP contribution in [0.25, 0.3) is 11.5 Å². The van der Waals surface area contributed by atoms with Crippen molar-refractivity contribution in [2.75, 3.05) is 0 Å². The van der Waals surface area contributed by atoms with Crippen molar-refractivity contribution in [2.45, 2.75) is 23.6 Å². The third-order valence-corrected chi connectivity index (χ3v) is 5.58. The van der Waals surface area contributed by atoms with Crippen molar-refractivity contribution in [2.24, 2.45) is 0 Å². The average molecular weight is 451 g/mol. The molecule has 0 saturated carbocycles. The Kier molecular flexibility index (Phi) is 5.83. The minimum atomic E-state index is -4.51. The SMILES string of the molecule is FC(F)(F)c1cc(CSc2nnc(-c3ccccn3)n2Cc2ccco2)ccc1Cl. The number of thioether (sulfide) groups is 1. The average Bonchev–Trinajstić information content (AvgIpc) is 3.38. The molecule has 10 heteroatoms. The molecule has 0 radical (unpaired) electrons. The largest absolute Gasteiger partial charge is 0.467 e. The predicted octanol–water partition coefficient (Wildman–Crippen LogP) is 5.95. The number of hydrogen-bond acceptors (Lipinski definition) is 5. The van der Waals surface area contributed by atoms with Gasteiger partial charge in [0.1, 0.15) is 11.5 Å². The van der Waals surface area contributed by atoms with E-state index in [2.05, 4.69) is 15.2 Å². The molecule has 5 nitrogen and oxygen atoms in total. The van der Waals surface area contributed by atoms with Crippen molar-refractivity contribution in [1.29, 1.82) is 0 Å². The van der Waals surface area contributed by atoms with E-state index in [1.807, 2.05) is 22.8 Å². The van der Waals surface area contributed by atoms with Gasteiger partial charge in [0.25, 0.3) is 0 Å². The van der Waals surface area contributed by atoms with Gasteiger partial charge in [-0.1, -0.05) is 35.5 Å². The first-order chi connectivity index (χ1) is 14.4. The number of benzene rings is 1. The van der Waals surface area contributed by atoms with Gasteiger partial charge in [-0.05, 0) is 42.0 Å². The van der Waals surface area contributed by atoms with E-state index in [-0.39, 0.29) is 10.8 Å². The van der Waals surface area contributed by atoms with Crippen LogP contribution in [0, 0.1) is 0 Å². The molecule has 0 saturated heterocycles. The molecule has 1 aromatic carbocycles. The summed E-state index contributed by atoms with van der Waals surface area (Å²) >= 11 is 6.98. The highest BCUT2D eigenvalue weighted by atomic mass is 35.5. The summed E-state index contributed by atoms with van der Waals surface area (Å²) in [6.07, 6.45) is -1.29. The number of halogens is 4. The minimum absolute atomic E-state index is 0.263. The fourth-order valence-corrected chi connectivity index (χ4v) is 3.91. The van der Waals surface area contributed by atoms with Crippen LogP contribution in [-0.2, 0) is 18.5 Å². The molecule has 0 atom stereocenters. The van der Waals surface area contributed by atoms with E-state index in [4.69, 9.17) is 16.0 Å². The van der Waals surface area contributed by atoms with Crippen LogP contribution in [0.3, 0.4) is 0 Å². The maximum atomic E-state index is 13.1. The lowest BCUT2D eigenvalue weighted by molar-refractivity contribution is -0.137. The molecule has 0 bridgehead atoms. The second-order valence-electron chi connectivity index (χ2n) is 6.29. The molecular weight excluding hydrogens is 437 g/mol. The Morgan fingerprint density at radius 2 is 1.93 bits per heavy atom. The van der Waals surface area contributed by atoms with Crippen molar-refractivity contribution < 1.29 is 17.6 Å². The maximum absolute atomic E-state index is 13.1.